The van der Waals surface area contributed by atoms with Crippen molar-refractivity contribution >= 4 is 6.29 Å². The van der Waals surface area contributed by atoms with Crippen LogP contribution in [0.4, 0.5) is 17.6 Å². The largest absolute Gasteiger partial charge is 0.573 e. The van der Waals surface area contributed by atoms with Crippen molar-refractivity contribution in [2.75, 3.05) is 0 Å². The quantitative estimate of drug-likeness (QED) is 0.331. The Kier molecular flexibility index (Phi) is 5.37. The summed E-state index contributed by atoms with van der Waals surface area (Å²) in [4.78, 5) is 15.5. The van der Waals surface area contributed by atoms with E-state index in [1.807, 2.05) is 12.1 Å². The highest BCUT2D eigenvalue weighted by Crippen LogP contribution is 2.36. The molecule has 0 fully saturated rings. The number of aromatic nitrogens is 3. The molecule has 2 aromatic carbocycles. The van der Waals surface area contributed by atoms with Crippen LogP contribution in [-0.4, -0.2) is 27.4 Å². The molecule has 10 heteroatoms. The molecule has 34 heavy (non-hydrogen) atoms. The number of benzene rings is 2. The maximum atomic E-state index is 14.3. The first-order valence-electron chi connectivity index (χ1n) is 10.2. The van der Waals surface area contributed by atoms with Crippen LogP contribution < -0.4 is 10.1 Å². The first-order valence-corrected chi connectivity index (χ1v) is 10.2. The average molecular weight is 468 g/mol. The third-order valence-electron chi connectivity index (χ3n) is 5.46. The Labute approximate surface area is 190 Å². The number of nitrogens with one attached hydrogen (secondary N) is 1. The number of carbonyl (C=O) groups is 1. The summed E-state index contributed by atoms with van der Waals surface area (Å²) >= 11 is 0. The molecule has 0 saturated carbocycles. The van der Waals surface area contributed by atoms with Gasteiger partial charge in [0.05, 0.1) is 29.3 Å². The van der Waals surface area contributed by atoms with Gasteiger partial charge in [-0.3, -0.25) is 10.3 Å². The van der Waals surface area contributed by atoms with Gasteiger partial charge < -0.3 is 9.53 Å². The van der Waals surface area contributed by atoms with Gasteiger partial charge in [-0.05, 0) is 41.5 Å². The molecule has 4 aromatic rings. The summed E-state index contributed by atoms with van der Waals surface area (Å²) in [6, 6.07) is 13.0. The van der Waals surface area contributed by atoms with Crippen molar-refractivity contribution in [3.63, 3.8) is 0 Å². The van der Waals surface area contributed by atoms with Crippen LogP contribution in [0.3, 0.4) is 0 Å². The minimum absolute atomic E-state index is 0.137. The second kappa shape index (κ2) is 8.38. The molecule has 1 atom stereocenters. The van der Waals surface area contributed by atoms with Gasteiger partial charge >= 0.3 is 6.36 Å². The lowest BCUT2D eigenvalue weighted by molar-refractivity contribution is -0.274. The van der Waals surface area contributed by atoms with Gasteiger partial charge in [-0.15, -0.1) is 13.2 Å². The molecule has 0 radical (unpaired) electrons. The van der Waals surface area contributed by atoms with Crippen LogP contribution in [0.5, 0.6) is 5.75 Å². The SMILES string of the molecule is O=CC1NCc2c(-c3cc(-c4cc(F)cc(OC(F)(F)F)c4)n(-c4cccnc4)n3)cccc21. The van der Waals surface area contributed by atoms with Crippen LogP contribution in [0.15, 0.2) is 67.0 Å². The summed E-state index contributed by atoms with van der Waals surface area (Å²) in [6.07, 6.45) is -1.04. The molecule has 3 heterocycles. The topological polar surface area (TPSA) is 69.0 Å². The van der Waals surface area contributed by atoms with Gasteiger partial charge in [0, 0.05) is 29.9 Å². The van der Waals surface area contributed by atoms with Crippen molar-refractivity contribution in [2.24, 2.45) is 0 Å². The second-order valence-electron chi connectivity index (χ2n) is 7.63. The number of ether oxygens (including phenoxy) is 1. The van der Waals surface area contributed by atoms with E-state index >= 15 is 0 Å². The van der Waals surface area contributed by atoms with E-state index < -0.39 is 24.0 Å². The number of hydrogen-bond donors (Lipinski definition) is 1. The minimum atomic E-state index is -4.97. The van der Waals surface area contributed by atoms with E-state index in [-0.39, 0.29) is 5.56 Å². The molecule has 0 bridgehead atoms. The van der Waals surface area contributed by atoms with Crippen molar-refractivity contribution in [1.82, 2.24) is 20.1 Å². The summed E-state index contributed by atoms with van der Waals surface area (Å²) in [6.45, 7) is 0.452. The van der Waals surface area contributed by atoms with Gasteiger partial charge in [0.25, 0.3) is 0 Å². The Hall–Kier alpha value is -4.05. The number of fused-ring (bicyclic) bond motifs is 1. The predicted molar refractivity (Wildman–Crippen MR) is 115 cm³/mol. The fourth-order valence-electron chi connectivity index (χ4n) is 4.07. The number of rotatable bonds is 5. The lowest BCUT2D eigenvalue weighted by atomic mass is 9.98. The summed E-state index contributed by atoms with van der Waals surface area (Å²) in [5.41, 5.74) is 3.98. The van der Waals surface area contributed by atoms with Crippen LogP contribution >= 0.6 is 0 Å². The van der Waals surface area contributed by atoms with Gasteiger partial charge in [-0.2, -0.15) is 5.10 Å². The molecule has 0 amide bonds. The first kappa shape index (κ1) is 21.8. The zero-order valence-electron chi connectivity index (χ0n) is 17.4. The number of carbonyl (C=O) groups excluding carboxylic acids is 1. The smallest absolute Gasteiger partial charge is 0.406 e. The number of hydrogen-bond acceptors (Lipinski definition) is 5. The molecule has 0 spiro atoms. The molecular formula is C24H16F4N4O2. The molecule has 172 valence electrons. The van der Waals surface area contributed by atoms with Crippen LogP contribution in [0.2, 0.25) is 0 Å². The van der Waals surface area contributed by atoms with Gasteiger partial charge in [0.15, 0.2) is 0 Å². The van der Waals surface area contributed by atoms with Crippen molar-refractivity contribution in [2.45, 2.75) is 18.9 Å². The normalized spacial score (nSPS) is 15.2. The molecule has 1 aliphatic rings. The van der Waals surface area contributed by atoms with E-state index in [0.29, 0.717) is 29.7 Å². The molecule has 1 aliphatic heterocycles. The molecule has 6 nitrogen and oxygen atoms in total. The van der Waals surface area contributed by atoms with E-state index in [1.54, 1.807) is 30.5 Å². The Morgan fingerprint density at radius 3 is 2.71 bits per heavy atom. The molecule has 1 N–H and O–H groups in total. The molecular weight excluding hydrogens is 452 g/mol. The van der Waals surface area contributed by atoms with Crippen molar-refractivity contribution < 1.29 is 27.1 Å². The highest BCUT2D eigenvalue weighted by Gasteiger charge is 2.32. The average Bonchev–Trinajstić information content (AvgIpc) is 3.42. The van der Waals surface area contributed by atoms with Crippen LogP contribution in [0.25, 0.3) is 28.2 Å². The number of pyridine rings is 1. The Morgan fingerprint density at radius 1 is 1.12 bits per heavy atom. The second-order valence-corrected chi connectivity index (χ2v) is 7.63. The van der Waals surface area contributed by atoms with Gasteiger partial charge in [-0.25, -0.2) is 9.07 Å². The lowest BCUT2D eigenvalue weighted by Crippen LogP contribution is -2.17. The third kappa shape index (κ3) is 4.15. The zero-order valence-corrected chi connectivity index (χ0v) is 17.4. The Morgan fingerprint density at radius 2 is 1.97 bits per heavy atom. The van der Waals surface area contributed by atoms with Crippen molar-refractivity contribution in [3.8, 4) is 34.0 Å². The summed E-state index contributed by atoms with van der Waals surface area (Å²) in [5.74, 6) is -1.57. The number of alkyl halides is 3. The summed E-state index contributed by atoms with van der Waals surface area (Å²) in [7, 11) is 0. The Balaban J connectivity index is 1.68. The molecule has 0 saturated heterocycles. The maximum Gasteiger partial charge on any atom is 0.573 e. The molecule has 1 unspecified atom stereocenters. The Bertz CT molecular complexity index is 1370. The van der Waals surface area contributed by atoms with E-state index in [9.17, 15) is 22.4 Å². The maximum absolute atomic E-state index is 14.3. The summed E-state index contributed by atoms with van der Waals surface area (Å²) in [5, 5.41) is 7.78. The third-order valence-corrected chi connectivity index (χ3v) is 5.46. The lowest BCUT2D eigenvalue weighted by Gasteiger charge is -2.11. The summed E-state index contributed by atoms with van der Waals surface area (Å²) < 4.78 is 58.0. The molecule has 2 aromatic heterocycles. The van der Waals surface area contributed by atoms with Gasteiger partial charge in [-0.1, -0.05) is 18.2 Å². The molecule has 5 rings (SSSR count). The van der Waals surface area contributed by atoms with E-state index in [1.165, 1.54) is 10.9 Å². The fraction of sp³-hybridized carbons (Fsp3) is 0.125. The van der Waals surface area contributed by atoms with Crippen molar-refractivity contribution in [1.29, 1.82) is 0 Å². The fourth-order valence-corrected chi connectivity index (χ4v) is 4.07. The first-order chi connectivity index (χ1) is 16.3. The van der Waals surface area contributed by atoms with E-state index in [4.69, 9.17) is 0 Å². The molecule has 0 aliphatic carbocycles. The zero-order chi connectivity index (χ0) is 23.9. The van der Waals surface area contributed by atoms with Gasteiger partial charge in [0.1, 0.15) is 17.9 Å². The highest BCUT2D eigenvalue weighted by molar-refractivity contribution is 5.76. The highest BCUT2D eigenvalue weighted by atomic mass is 19.4. The van der Waals surface area contributed by atoms with E-state index in [0.717, 1.165) is 35.1 Å². The number of halogens is 4. The minimum Gasteiger partial charge on any atom is -0.406 e. The van der Waals surface area contributed by atoms with E-state index in [2.05, 4.69) is 20.1 Å². The van der Waals surface area contributed by atoms with Crippen LogP contribution in [-0.2, 0) is 11.3 Å². The predicted octanol–water partition coefficient (Wildman–Crippen LogP) is 4.98. The van der Waals surface area contributed by atoms with Crippen LogP contribution in [0.1, 0.15) is 17.2 Å². The number of nitrogens with zero attached hydrogens (tertiary/aromatic N) is 3. The van der Waals surface area contributed by atoms with Crippen molar-refractivity contribution in [3.05, 3.63) is 83.9 Å². The van der Waals surface area contributed by atoms with Crippen LogP contribution in [0, 0.1) is 5.82 Å². The monoisotopic (exact) mass is 468 g/mol. The standard InChI is InChI=1S/C24H16F4N4O2/c25-15-7-14(8-17(9-15)34-24(26,27)28)23-10-21(31-32(23)16-3-2-6-29-11-16)18-4-1-5-19-20(18)12-30-22(19)13-33/h1-11,13,22,30H,12H2. The number of aldehydes is 1. The van der Waals surface area contributed by atoms with Gasteiger partial charge in [0.2, 0.25) is 0 Å².